The van der Waals surface area contributed by atoms with E-state index in [0.717, 1.165) is 10.5 Å². The molecule has 4 amide bonds. The van der Waals surface area contributed by atoms with Crippen LogP contribution in [0.3, 0.4) is 0 Å². The van der Waals surface area contributed by atoms with Crippen LogP contribution < -0.4 is 16.0 Å². The predicted molar refractivity (Wildman–Crippen MR) is 170 cm³/mol. The fourth-order valence-electron chi connectivity index (χ4n) is 4.61. The summed E-state index contributed by atoms with van der Waals surface area (Å²) in [4.78, 5) is 63.9. The SMILES string of the molecule is CC(C)[C@H](NC(=O)OC(C)(C)C)C(=O)N[C@@H](C)C(=O)Nc1ccc(COC(=O)N(C)[C@H](C(=O)O)C(C)(C)c2ccccc2)cc1. The van der Waals surface area contributed by atoms with E-state index in [2.05, 4.69) is 16.0 Å². The number of hydrogen-bond donors (Lipinski definition) is 4. The first-order valence-electron chi connectivity index (χ1n) is 14.7. The number of nitrogens with zero attached hydrogens (tertiary/aromatic N) is 1. The zero-order valence-electron chi connectivity index (χ0n) is 27.5. The van der Waals surface area contributed by atoms with E-state index >= 15 is 0 Å². The number of hydrogen-bond acceptors (Lipinski definition) is 7. The number of benzene rings is 2. The van der Waals surface area contributed by atoms with Crippen molar-refractivity contribution >= 4 is 35.7 Å². The predicted octanol–water partition coefficient (Wildman–Crippen LogP) is 4.68. The molecule has 3 atom stereocenters. The maximum atomic E-state index is 12.8. The van der Waals surface area contributed by atoms with Gasteiger partial charge in [0.25, 0.3) is 0 Å². The van der Waals surface area contributed by atoms with Crippen LogP contribution >= 0.6 is 0 Å². The smallest absolute Gasteiger partial charge is 0.410 e. The maximum Gasteiger partial charge on any atom is 0.410 e. The van der Waals surface area contributed by atoms with Crippen LogP contribution in [0.5, 0.6) is 0 Å². The average Bonchev–Trinajstić information content (AvgIpc) is 2.94. The molecule has 246 valence electrons. The van der Waals surface area contributed by atoms with Crippen molar-refractivity contribution in [3.63, 3.8) is 0 Å². The molecule has 0 heterocycles. The molecule has 0 aliphatic heterocycles. The Labute approximate surface area is 264 Å². The summed E-state index contributed by atoms with van der Waals surface area (Å²) in [7, 11) is 1.39. The molecule has 0 radical (unpaired) electrons. The lowest BCUT2D eigenvalue weighted by atomic mass is 9.77. The zero-order chi connectivity index (χ0) is 34.1. The number of carbonyl (C=O) groups is 5. The Balaban J connectivity index is 1.95. The molecule has 0 aliphatic carbocycles. The van der Waals surface area contributed by atoms with Gasteiger partial charge in [-0.2, -0.15) is 0 Å². The number of nitrogens with one attached hydrogen (secondary N) is 3. The van der Waals surface area contributed by atoms with Crippen LogP contribution in [0.1, 0.15) is 66.5 Å². The van der Waals surface area contributed by atoms with Crippen LogP contribution in [0.4, 0.5) is 15.3 Å². The molecule has 0 aliphatic rings. The molecule has 0 saturated heterocycles. The van der Waals surface area contributed by atoms with E-state index in [4.69, 9.17) is 9.47 Å². The van der Waals surface area contributed by atoms with Crippen molar-refractivity contribution in [2.45, 2.75) is 91.1 Å². The summed E-state index contributed by atoms with van der Waals surface area (Å²) in [6.45, 7) is 13.6. The normalized spacial score (nSPS) is 13.6. The highest BCUT2D eigenvalue weighted by Gasteiger charge is 2.42. The summed E-state index contributed by atoms with van der Waals surface area (Å²) in [5.41, 5.74) is 0.184. The molecular formula is C33H46N4O8. The number of likely N-dealkylation sites (N-methyl/N-ethyl adjacent to an activating group) is 1. The third-order valence-electron chi connectivity index (χ3n) is 7.07. The van der Waals surface area contributed by atoms with E-state index in [1.54, 1.807) is 72.7 Å². The molecule has 12 heteroatoms. The molecule has 4 N–H and O–H groups in total. The third-order valence-corrected chi connectivity index (χ3v) is 7.07. The van der Waals surface area contributed by atoms with Gasteiger partial charge in [0, 0.05) is 18.2 Å². The molecule has 2 rings (SSSR count). The second-order valence-corrected chi connectivity index (χ2v) is 12.8. The number of amides is 4. The van der Waals surface area contributed by atoms with E-state index < -0.39 is 59.1 Å². The summed E-state index contributed by atoms with van der Waals surface area (Å²) in [5, 5.41) is 17.8. The first kappa shape index (κ1) is 36.6. The first-order valence-corrected chi connectivity index (χ1v) is 14.7. The van der Waals surface area contributed by atoms with Crippen molar-refractivity contribution in [1.29, 1.82) is 0 Å². The van der Waals surface area contributed by atoms with Gasteiger partial charge in [-0.25, -0.2) is 14.4 Å². The van der Waals surface area contributed by atoms with Crippen LogP contribution in [0.15, 0.2) is 54.6 Å². The van der Waals surface area contributed by atoms with Crippen molar-refractivity contribution in [1.82, 2.24) is 15.5 Å². The van der Waals surface area contributed by atoms with Gasteiger partial charge in [0.15, 0.2) is 0 Å². The lowest BCUT2D eigenvalue weighted by Crippen LogP contribution is -2.54. The van der Waals surface area contributed by atoms with E-state index in [-0.39, 0.29) is 12.5 Å². The summed E-state index contributed by atoms with van der Waals surface area (Å²) in [5.74, 6) is -2.44. The van der Waals surface area contributed by atoms with Crippen LogP contribution in [0, 0.1) is 5.92 Å². The Morgan fingerprint density at radius 2 is 1.42 bits per heavy atom. The monoisotopic (exact) mass is 626 g/mol. The summed E-state index contributed by atoms with van der Waals surface area (Å²) >= 11 is 0. The van der Waals surface area contributed by atoms with Crippen molar-refractivity contribution in [2.24, 2.45) is 5.92 Å². The Kier molecular flexibility index (Phi) is 12.5. The van der Waals surface area contributed by atoms with Gasteiger partial charge < -0.3 is 30.5 Å². The Hall–Kier alpha value is -4.61. The fraction of sp³-hybridized carbons (Fsp3) is 0.485. The number of carbonyl (C=O) groups excluding carboxylic acids is 4. The third kappa shape index (κ3) is 10.8. The van der Waals surface area contributed by atoms with Crippen molar-refractivity contribution in [2.75, 3.05) is 12.4 Å². The van der Waals surface area contributed by atoms with Crippen molar-refractivity contribution in [3.8, 4) is 0 Å². The van der Waals surface area contributed by atoms with Gasteiger partial charge >= 0.3 is 18.2 Å². The van der Waals surface area contributed by atoms with Gasteiger partial charge in [0.2, 0.25) is 11.8 Å². The second-order valence-electron chi connectivity index (χ2n) is 12.8. The van der Waals surface area contributed by atoms with Gasteiger partial charge in [-0.05, 0) is 56.9 Å². The van der Waals surface area contributed by atoms with E-state index in [1.165, 1.54) is 14.0 Å². The molecule has 0 fully saturated rings. The highest BCUT2D eigenvalue weighted by Crippen LogP contribution is 2.30. The zero-order valence-corrected chi connectivity index (χ0v) is 27.5. The molecule has 12 nitrogen and oxygen atoms in total. The minimum Gasteiger partial charge on any atom is -0.480 e. The number of carboxylic acids is 1. The quantitative estimate of drug-likeness (QED) is 0.264. The lowest BCUT2D eigenvalue weighted by molar-refractivity contribution is -0.144. The van der Waals surface area contributed by atoms with Gasteiger partial charge in [-0.15, -0.1) is 0 Å². The van der Waals surface area contributed by atoms with Crippen LogP contribution in [0.25, 0.3) is 0 Å². The number of carboxylic acid groups (broad SMARTS) is 1. The van der Waals surface area contributed by atoms with Crippen molar-refractivity contribution in [3.05, 3.63) is 65.7 Å². The number of anilines is 1. The Bertz CT molecular complexity index is 1340. The van der Waals surface area contributed by atoms with Crippen LogP contribution in [0.2, 0.25) is 0 Å². The van der Waals surface area contributed by atoms with Gasteiger partial charge in [-0.3, -0.25) is 14.5 Å². The summed E-state index contributed by atoms with van der Waals surface area (Å²) in [6, 6.07) is 12.6. The molecule has 0 unspecified atom stereocenters. The number of rotatable bonds is 12. The Morgan fingerprint density at radius 1 is 0.844 bits per heavy atom. The van der Waals surface area contributed by atoms with Crippen LogP contribution in [-0.4, -0.2) is 70.8 Å². The van der Waals surface area contributed by atoms with Gasteiger partial charge in [-0.1, -0.05) is 70.2 Å². The van der Waals surface area contributed by atoms with Crippen LogP contribution in [-0.2, 0) is 35.9 Å². The van der Waals surface area contributed by atoms with E-state index in [0.29, 0.717) is 11.3 Å². The minimum absolute atomic E-state index is 0.122. The van der Waals surface area contributed by atoms with Gasteiger partial charge in [0.1, 0.15) is 30.3 Å². The number of alkyl carbamates (subject to hydrolysis) is 1. The molecule has 0 saturated carbocycles. The maximum absolute atomic E-state index is 12.8. The fourth-order valence-corrected chi connectivity index (χ4v) is 4.61. The molecular weight excluding hydrogens is 580 g/mol. The number of aliphatic carboxylic acids is 1. The molecule has 0 aromatic heterocycles. The number of ether oxygens (including phenoxy) is 2. The van der Waals surface area contributed by atoms with E-state index in [9.17, 15) is 29.1 Å². The summed E-state index contributed by atoms with van der Waals surface area (Å²) in [6.07, 6.45) is -1.53. The Morgan fingerprint density at radius 3 is 1.93 bits per heavy atom. The largest absolute Gasteiger partial charge is 0.480 e. The first-order chi connectivity index (χ1) is 20.8. The molecule has 0 spiro atoms. The molecule has 2 aromatic rings. The molecule has 2 aromatic carbocycles. The highest BCUT2D eigenvalue weighted by atomic mass is 16.6. The lowest BCUT2D eigenvalue weighted by Gasteiger charge is -2.37. The van der Waals surface area contributed by atoms with E-state index in [1.807, 2.05) is 30.3 Å². The topological polar surface area (TPSA) is 163 Å². The second kappa shape index (κ2) is 15.4. The average molecular weight is 627 g/mol. The highest BCUT2D eigenvalue weighted by molar-refractivity contribution is 5.98. The van der Waals surface area contributed by atoms with Gasteiger partial charge in [0.05, 0.1) is 0 Å². The molecule has 45 heavy (non-hydrogen) atoms. The minimum atomic E-state index is -1.18. The van der Waals surface area contributed by atoms with Crippen molar-refractivity contribution < 1.29 is 38.6 Å². The molecule has 0 bridgehead atoms. The standard InChI is InChI=1S/C33H46N4O8/c1-20(2)25(36-30(42)45-32(4,5)6)28(39)34-21(3)27(38)35-24-17-15-22(16-18-24)19-44-31(43)37(9)26(29(40)41)33(7,8)23-13-11-10-12-14-23/h10-18,20-21,25-26H,19H2,1-9H3,(H,34,39)(H,35,38)(H,36,42)(H,40,41)/t21-,25-,26+/m0/s1. The summed E-state index contributed by atoms with van der Waals surface area (Å²) < 4.78 is 10.6.